The maximum Gasteiger partial charge on any atom is 0.325 e. The number of hydrogen-bond donors (Lipinski definition) is 1. The summed E-state index contributed by atoms with van der Waals surface area (Å²) in [7, 11) is 0. The predicted molar refractivity (Wildman–Crippen MR) is 85.8 cm³/mol. The topological polar surface area (TPSA) is 86.3 Å². The number of nitrogens with zero attached hydrogens (tertiary/aromatic N) is 2. The number of urea groups is 1. The normalized spacial score (nSPS) is 20.2. The minimum Gasteiger partial charge on any atom is -0.466 e. The van der Waals surface area contributed by atoms with Crippen LogP contribution in [0.5, 0.6) is 0 Å². The second-order valence-corrected chi connectivity index (χ2v) is 6.08. The molecule has 122 valence electrons. The van der Waals surface area contributed by atoms with E-state index in [0.29, 0.717) is 22.6 Å². The molecular formula is C18H17N3O3. The smallest absolute Gasteiger partial charge is 0.325 e. The van der Waals surface area contributed by atoms with Crippen molar-refractivity contribution in [1.29, 1.82) is 5.26 Å². The van der Waals surface area contributed by atoms with Crippen LogP contribution >= 0.6 is 0 Å². The standard InChI is InChI=1S/C18H17N3O3/c1-11-8-15(12(2)24-11)18(3)16(22)21(17(23)20-18)10-14-6-4-13(9-19)5-7-14/h4-8H,10H2,1-3H3,(H,20,23)/t18-/m0/s1. The number of carbonyl (C=O) groups is 2. The first-order chi connectivity index (χ1) is 11.3. The Morgan fingerprint density at radius 1 is 1.25 bits per heavy atom. The molecule has 1 N–H and O–H groups in total. The van der Waals surface area contributed by atoms with Crippen LogP contribution < -0.4 is 5.32 Å². The minimum absolute atomic E-state index is 0.155. The van der Waals surface area contributed by atoms with Gasteiger partial charge in [-0.25, -0.2) is 4.79 Å². The lowest BCUT2D eigenvalue weighted by molar-refractivity contribution is -0.131. The first kappa shape index (κ1) is 15.8. The van der Waals surface area contributed by atoms with E-state index in [0.717, 1.165) is 5.56 Å². The zero-order valence-corrected chi connectivity index (χ0v) is 13.7. The molecule has 6 heteroatoms. The van der Waals surface area contributed by atoms with E-state index in [1.165, 1.54) is 4.90 Å². The summed E-state index contributed by atoms with van der Waals surface area (Å²) in [5.41, 5.74) is 0.846. The lowest BCUT2D eigenvalue weighted by Crippen LogP contribution is -2.41. The van der Waals surface area contributed by atoms with Crippen LogP contribution in [0.2, 0.25) is 0 Å². The highest BCUT2D eigenvalue weighted by atomic mass is 16.3. The molecule has 6 nitrogen and oxygen atoms in total. The lowest BCUT2D eigenvalue weighted by Gasteiger charge is -2.21. The molecule has 2 aromatic rings. The van der Waals surface area contributed by atoms with Crippen molar-refractivity contribution >= 4 is 11.9 Å². The van der Waals surface area contributed by atoms with Gasteiger partial charge in [0.15, 0.2) is 0 Å². The average Bonchev–Trinajstić information content (AvgIpc) is 3.00. The third-order valence-corrected chi connectivity index (χ3v) is 4.28. The van der Waals surface area contributed by atoms with E-state index < -0.39 is 11.6 Å². The molecule has 1 atom stereocenters. The third-order valence-electron chi connectivity index (χ3n) is 4.28. The summed E-state index contributed by atoms with van der Waals surface area (Å²) in [5, 5.41) is 11.6. The van der Waals surface area contributed by atoms with Crippen molar-refractivity contribution in [2.45, 2.75) is 32.9 Å². The maximum atomic E-state index is 12.9. The monoisotopic (exact) mass is 323 g/mol. The summed E-state index contributed by atoms with van der Waals surface area (Å²) in [6, 6.07) is 10.2. The predicted octanol–water partition coefficient (Wildman–Crippen LogP) is 2.74. The van der Waals surface area contributed by atoms with Gasteiger partial charge in [-0.1, -0.05) is 12.1 Å². The van der Waals surface area contributed by atoms with Crippen LogP contribution in [0.25, 0.3) is 0 Å². The quantitative estimate of drug-likeness (QED) is 0.880. The van der Waals surface area contributed by atoms with Gasteiger partial charge in [-0.2, -0.15) is 5.26 Å². The fourth-order valence-electron chi connectivity index (χ4n) is 3.02. The van der Waals surface area contributed by atoms with Crippen molar-refractivity contribution in [3.05, 3.63) is 58.5 Å². The maximum absolute atomic E-state index is 12.9. The van der Waals surface area contributed by atoms with Gasteiger partial charge < -0.3 is 9.73 Å². The van der Waals surface area contributed by atoms with Crippen LogP contribution in [0.15, 0.2) is 34.7 Å². The summed E-state index contributed by atoms with van der Waals surface area (Å²) in [6.07, 6.45) is 0. The number of furan rings is 1. The number of carbonyl (C=O) groups excluding carboxylic acids is 2. The number of hydrogen-bond acceptors (Lipinski definition) is 4. The van der Waals surface area contributed by atoms with E-state index in [2.05, 4.69) is 5.32 Å². The second kappa shape index (κ2) is 5.53. The van der Waals surface area contributed by atoms with Crippen molar-refractivity contribution in [3.63, 3.8) is 0 Å². The first-order valence-corrected chi connectivity index (χ1v) is 7.56. The Morgan fingerprint density at radius 2 is 1.92 bits per heavy atom. The van der Waals surface area contributed by atoms with Gasteiger partial charge in [0.25, 0.3) is 5.91 Å². The molecule has 24 heavy (non-hydrogen) atoms. The second-order valence-electron chi connectivity index (χ2n) is 6.08. The van der Waals surface area contributed by atoms with Crippen molar-refractivity contribution in [2.24, 2.45) is 0 Å². The summed E-state index contributed by atoms with van der Waals surface area (Å²) < 4.78 is 5.50. The van der Waals surface area contributed by atoms with E-state index in [-0.39, 0.29) is 12.5 Å². The van der Waals surface area contributed by atoms with E-state index in [1.807, 2.05) is 6.07 Å². The highest BCUT2D eigenvalue weighted by Crippen LogP contribution is 2.33. The van der Waals surface area contributed by atoms with E-state index in [1.54, 1.807) is 51.1 Å². The molecule has 1 fully saturated rings. The van der Waals surface area contributed by atoms with Gasteiger partial charge in [-0.05, 0) is 44.5 Å². The molecule has 0 spiro atoms. The number of nitriles is 1. The van der Waals surface area contributed by atoms with Gasteiger partial charge in [0.2, 0.25) is 0 Å². The number of amides is 3. The van der Waals surface area contributed by atoms with Gasteiger partial charge in [0.05, 0.1) is 18.2 Å². The van der Waals surface area contributed by atoms with Crippen LogP contribution in [0, 0.1) is 25.2 Å². The number of aryl methyl sites for hydroxylation is 2. The molecule has 3 amide bonds. The minimum atomic E-state index is -1.13. The highest BCUT2D eigenvalue weighted by Gasteiger charge is 2.50. The highest BCUT2D eigenvalue weighted by molar-refractivity contribution is 6.07. The van der Waals surface area contributed by atoms with Gasteiger partial charge in [0, 0.05) is 5.56 Å². The zero-order valence-electron chi connectivity index (χ0n) is 13.7. The van der Waals surface area contributed by atoms with Gasteiger partial charge in [-0.15, -0.1) is 0 Å². The van der Waals surface area contributed by atoms with Crippen LogP contribution in [0.4, 0.5) is 4.79 Å². The average molecular weight is 323 g/mol. The Morgan fingerprint density at radius 3 is 2.46 bits per heavy atom. The molecule has 0 saturated carbocycles. The van der Waals surface area contributed by atoms with E-state index in [4.69, 9.17) is 9.68 Å². The van der Waals surface area contributed by atoms with Crippen molar-refractivity contribution < 1.29 is 14.0 Å². The molecule has 1 aromatic carbocycles. The fourth-order valence-corrected chi connectivity index (χ4v) is 3.02. The lowest BCUT2D eigenvalue weighted by atomic mass is 9.92. The van der Waals surface area contributed by atoms with Crippen LogP contribution in [-0.4, -0.2) is 16.8 Å². The van der Waals surface area contributed by atoms with Gasteiger partial charge in [0.1, 0.15) is 17.1 Å². The van der Waals surface area contributed by atoms with E-state index in [9.17, 15) is 9.59 Å². The SMILES string of the molecule is Cc1cc([C@]2(C)NC(=O)N(Cc3ccc(C#N)cc3)C2=O)c(C)o1. The van der Waals surface area contributed by atoms with Gasteiger partial charge in [-0.3, -0.25) is 9.69 Å². The molecule has 3 rings (SSSR count). The van der Waals surface area contributed by atoms with Crippen LogP contribution in [0.3, 0.4) is 0 Å². The number of benzene rings is 1. The molecular weight excluding hydrogens is 306 g/mol. The van der Waals surface area contributed by atoms with Crippen molar-refractivity contribution in [2.75, 3.05) is 0 Å². The molecule has 0 unspecified atom stereocenters. The molecule has 0 aliphatic carbocycles. The Kier molecular flexibility index (Phi) is 3.64. The number of nitrogens with one attached hydrogen (secondary N) is 1. The Balaban J connectivity index is 1.88. The fraction of sp³-hybridized carbons (Fsp3) is 0.278. The summed E-state index contributed by atoms with van der Waals surface area (Å²) in [5.74, 6) is 0.987. The molecule has 0 bridgehead atoms. The van der Waals surface area contributed by atoms with Crippen molar-refractivity contribution in [3.8, 4) is 6.07 Å². The Labute approximate surface area is 139 Å². The van der Waals surface area contributed by atoms with Crippen LogP contribution in [-0.2, 0) is 16.9 Å². The van der Waals surface area contributed by atoms with Gasteiger partial charge >= 0.3 is 6.03 Å². The number of rotatable bonds is 3. The third kappa shape index (κ3) is 2.44. The Hall–Kier alpha value is -3.07. The Bertz CT molecular complexity index is 861. The summed E-state index contributed by atoms with van der Waals surface area (Å²) in [6.45, 7) is 5.41. The van der Waals surface area contributed by atoms with Crippen LogP contribution in [0.1, 0.15) is 35.1 Å². The molecule has 0 radical (unpaired) electrons. The zero-order chi connectivity index (χ0) is 17.5. The van der Waals surface area contributed by atoms with E-state index >= 15 is 0 Å². The van der Waals surface area contributed by atoms with Crippen molar-refractivity contribution in [1.82, 2.24) is 10.2 Å². The number of imide groups is 1. The molecule has 1 saturated heterocycles. The first-order valence-electron chi connectivity index (χ1n) is 7.56. The largest absolute Gasteiger partial charge is 0.466 e. The molecule has 2 heterocycles. The summed E-state index contributed by atoms with van der Waals surface area (Å²) >= 11 is 0. The molecule has 1 aliphatic rings. The molecule has 1 aliphatic heterocycles. The molecule has 1 aromatic heterocycles. The summed E-state index contributed by atoms with van der Waals surface area (Å²) in [4.78, 5) is 26.4.